The average molecular weight is 367 g/mol. The Labute approximate surface area is 148 Å². The molecule has 1 atom stereocenters. The van der Waals surface area contributed by atoms with Crippen LogP contribution in [0.3, 0.4) is 0 Å². The lowest BCUT2D eigenvalue weighted by atomic mass is 10.2. The van der Waals surface area contributed by atoms with Crippen LogP contribution in [-0.2, 0) is 9.53 Å². The molecule has 0 fully saturated rings. The Bertz CT molecular complexity index is 819. The first-order chi connectivity index (χ1) is 11.9. The van der Waals surface area contributed by atoms with Crippen LogP contribution in [0.25, 0.3) is 0 Å². The molecule has 1 aliphatic heterocycles. The number of halogens is 1. The van der Waals surface area contributed by atoms with Crippen molar-refractivity contribution in [3.8, 4) is 11.5 Å². The summed E-state index contributed by atoms with van der Waals surface area (Å²) < 4.78 is 20.8. The standard InChI is InChI=1S/C16H15ClN2O6/c1-8-5-13(19-25-8)18-15(20)9(2)24-16(21)10-6-11(17)14-12(7-10)22-3-4-23-14/h5-7,9H,3-4H2,1-2H3,(H,18,19,20)/t9-/m1/s1. The minimum atomic E-state index is -1.04. The Morgan fingerprint density at radius 1 is 1.28 bits per heavy atom. The van der Waals surface area contributed by atoms with E-state index in [0.29, 0.717) is 30.5 Å². The predicted molar refractivity (Wildman–Crippen MR) is 87.2 cm³/mol. The minimum absolute atomic E-state index is 0.159. The van der Waals surface area contributed by atoms with Gasteiger partial charge >= 0.3 is 5.97 Å². The maximum Gasteiger partial charge on any atom is 0.339 e. The Morgan fingerprint density at radius 3 is 2.76 bits per heavy atom. The monoisotopic (exact) mass is 366 g/mol. The molecule has 3 rings (SSSR count). The van der Waals surface area contributed by atoms with E-state index in [-0.39, 0.29) is 16.4 Å². The van der Waals surface area contributed by atoms with E-state index in [1.165, 1.54) is 19.1 Å². The number of rotatable bonds is 4. The number of ether oxygens (including phenoxy) is 3. The molecule has 0 spiro atoms. The SMILES string of the molecule is Cc1cc(NC(=O)[C@@H](C)OC(=O)c2cc(Cl)c3c(c2)OCCO3)no1. The zero-order valence-corrected chi connectivity index (χ0v) is 14.3. The quantitative estimate of drug-likeness (QED) is 0.830. The summed E-state index contributed by atoms with van der Waals surface area (Å²) in [5.41, 5.74) is 0.159. The maximum atomic E-state index is 12.3. The van der Waals surface area contributed by atoms with Crippen molar-refractivity contribution in [2.24, 2.45) is 0 Å². The van der Waals surface area contributed by atoms with Crippen LogP contribution >= 0.6 is 11.6 Å². The number of nitrogens with zero attached hydrogens (tertiary/aromatic N) is 1. The highest BCUT2D eigenvalue weighted by atomic mass is 35.5. The first kappa shape index (κ1) is 17.1. The second-order valence-corrected chi connectivity index (χ2v) is 5.75. The zero-order valence-electron chi connectivity index (χ0n) is 13.5. The molecule has 0 saturated carbocycles. The van der Waals surface area contributed by atoms with Crippen LogP contribution in [0.15, 0.2) is 22.7 Å². The van der Waals surface area contributed by atoms with Gasteiger partial charge in [-0.3, -0.25) is 4.79 Å². The highest BCUT2D eigenvalue weighted by molar-refractivity contribution is 6.32. The van der Waals surface area contributed by atoms with E-state index in [0.717, 1.165) is 0 Å². The summed E-state index contributed by atoms with van der Waals surface area (Å²) in [5.74, 6) is 0.291. The molecule has 1 amide bonds. The molecule has 2 heterocycles. The second-order valence-electron chi connectivity index (χ2n) is 5.34. The van der Waals surface area contributed by atoms with Gasteiger partial charge in [-0.05, 0) is 26.0 Å². The van der Waals surface area contributed by atoms with Crippen molar-refractivity contribution in [3.63, 3.8) is 0 Å². The number of fused-ring (bicyclic) bond motifs is 1. The highest BCUT2D eigenvalue weighted by Crippen LogP contribution is 2.38. The van der Waals surface area contributed by atoms with Crippen LogP contribution in [0, 0.1) is 6.92 Å². The molecule has 132 valence electrons. The summed E-state index contributed by atoms with van der Waals surface area (Å²) >= 11 is 6.09. The summed E-state index contributed by atoms with van der Waals surface area (Å²) in [4.78, 5) is 24.3. The van der Waals surface area contributed by atoms with Crippen LogP contribution < -0.4 is 14.8 Å². The number of anilines is 1. The lowest BCUT2D eigenvalue weighted by molar-refractivity contribution is -0.123. The molecular weight excluding hydrogens is 352 g/mol. The summed E-state index contributed by atoms with van der Waals surface area (Å²) in [7, 11) is 0. The van der Waals surface area contributed by atoms with E-state index in [1.807, 2.05) is 0 Å². The van der Waals surface area contributed by atoms with Crippen LogP contribution in [-0.4, -0.2) is 36.4 Å². The van der Waals surface area contributed by atoms with E-state index < -0.39 is 18.0 Å². The van der Waals surface area contributed by atoms with Crippen molar-refractivity contribution in [1.82, 2.24) is 5.16 Å². The summed E-state index contributed by atoms with van der Waals surface area (Å²) in [6.07, 6.45) is -1.04. The Balaban J connectivity index is 1.67. The number of hydrogen-bond acceptors (Lipinski definition) is 7. The predicted octanol–water partition coefficient (Wildman–Crippen LogP) is 2.59. The molecule has 0 radical (unpaired) electrons. The van der Waals surface area contributed by atoms with Crippen molar-refractivity contribution in [3.05, 3.63) is 34.5 Å². The van der Waals surface area contributed by atoms with Gasteiger partial charge in [0.15, 0.2) is 23.4 Å². The van der Waals surface area contributed by atoms with Gasteiger partial charge in [0.25, 0.3) is 5.91 Å². The Kier molecular flexibility index (Phi) is 4.80. The molecule has 1 aromatic carbocycles. The van der Waals surface area contributed by atoms with Gasteiger partial charge in [-0.1, -0.05) is 16.8 Å². The van der Waals surface area contributed by atoms with Crippen molar-refractivity contribution < 1.29 is 28.3 Å². The van der Waals surface area contributed by atoms with E-state index in [4.69, 9.17) is 30.3 Å². The van der Waals surface area contributed by atoms with Crippen LogP contribution in [0.2, 0.25) is 5.02 Å². The minimum Gasteiger partial charge on any atom is -0.486 e. The number of hydrogen-bond donors (Lipinski definition) is 1. The molecule has 0 bridgehead atoms. The number of carbonyl (C=O) groups is 2. The molecule has 1 aliphatic rings. The molecule has 0 saturated heterocycles. The first-order valence-electron chi connectivity index (χ1n) is 7.48. The molecule has 2 aromatic rings. The number of carbonyl (C=O) groups excluding carboxylic acids is 2. The van der Waals surface area contributed by atoms with Crippen molar-refractivity contribution in [2.75, 3.05) is 18.5 Å². The number of aryl methyl sites for hydroxylation is 1. The van der Waals surface area contributed by atoms with Crippen LogP contribution in [0.1, 0.15) is 23.0 Å². The Hall–Kier alpha value is -2.74. The second kappa shape index (κ2) is 7.02. The van der Waals surface area contributed by atoms with E-state index in [1.54, 1.807) is 13.0 Å². The van der Waals surface area contributed by atoms with Crippen LogP contribution in [0.5, 0.6) is 11.5 Å². The van der Waals surface area contributed by atoms with Gasteiger partial charge in [0.05, 0.1) is 10.6 Å². The molecule has 0 unspecified atom stereocenters. The van der Waals surface area contributed by atoms with Gasteiger partial charge in [0.2, 0.25) is 0 Å². The van der Waals surface area contributed by atoms with Crippen LogP contribution in [0.4, 0.5) is 5.82 Å². The fourth-order valence-electron chi connectivity index (χ4n) is 2.16. The molecule has 8 nitrogen and oxygen atoms in total. The van der Waals surface area contributed by atoms with Crippen molar-refractivity contribution in [2.45, 2.75) is 20.0 Å². The molecule has 9 heteroatoms. The Morgan fingerprint density at radius 2 is 2.04 bits per heavy atom. The summed E-state index contributed by atoms with van der Waals surface area (Å²) in [5, 5.41) is 6.36. The molecule has 25 heavy (non-hydrogen) atoms. The summed E-state index contributed by atoms with van der Waals surface area (Å²) in [6, 6.07) is 4.42. The number of esters is 1. The maximum absolute atomic E-state index is 12.3. The third kappa shape index (κ3) is 3.85. The lowest BCUT2D eigenvalue weighted by Gasteiger charge is -2.20. The third-order valence-corrected chi connectivity index (χ3v) is 3.65. The summed E-state index contributed by atoms with van der Waals surface area (Å²) in [6.45, 7) is 3.88. The normalized spacial score (nSPS) is 13.9. The molecule has 0 aliphatic carbocycles. The topological polar surface area (TPSA) is 99.9 Å². The van der Waals surface area contributed by atoms with E-state index in [2.05, 4.69) is 10.5 Å². The average Bonchev–Trinajstić information content (AvgIpc) is 2.99. The zero-order chi connectivity index (χ0) is 18.0. The largest absolute Gasteiger partial charge is 0.486 e. The van der Waals surface area contributed by atoms with Gasteiger partial charge in [-0.15, -0.1) is 0 Å². The highest BCUT2D eigenvalue weighted by Gasteiger charge is 2.23. The van der Waals surface area contributed by atoms with Gasteiger partial charge in [0.1, 0.15) is 19.0 Å². The number of aromatic nitrogens is 1. The smallest absolute Gasteiger partial charge is 0.339 e. The molecule has 1 aromatic heterocycles. The fraction of sp³-hybridized carbons (Fsp3) is 0.312. The number of amides is 1. The van der Waals surface area contributed by atoms with Crippen molar-refractivity contribution >= 4 is 29.3 Å². The van der Waals surface area contributed by atoms with Crippen molar-refractivity contribution in [1.29, 1.82) is 0 Å². The fourth-order valence-corrected chi connectivity index (χ4v) is 2.43. The third-order valence-electron chi connectivity index (χ3n) is 3.36. The molecular formula is C16H15ClN2O6. The van der Waals surface area contributed by atoms with Gasteiger partial charge in [-0.25, -0.2) is 4.79 Å². The van der Waals surface area contributed by atoms with E-state index >= 15 is 0 Å². The van der Waals surface area contributed by atoms with Gasteiger partial charge in [-0.2, -0.15) is 0 Å². The molecule has 1 N–H and O–H groups in total. The number of nitrogens with one attached hydrogen (secondary N) is 1. The lowest BCUT2D eigenvalue weighted by Crippen LogP contribution is -2.30. The first-order valence-corrected chi connectivity index (χ1v) is 7.86. The van der Waals surface area contributed by atoms with Gasteiger partial charge < -0.3 is 24.1 Å². The van der Waals surface area contributed by atoms with E-state index in [9.17, 15) is 9.59 Å². The van der Waals surface area contributed by atoms with Gasteiger partial charge in [0, 0.05) is 6.07 Å². The number of benzene rings is 1.